The number of nitrogens with zero attached hydrogens (tertiary/aromatic N) is 3. The second kappa shape index (κ2) is 6.76. The molecule has 2 heterocycles. The van der Waals surface area contributed by atoms with E-state index >= 15 is 0 Å². The van der Waals surface area contributed by atoms with Crippen LogP contribution in [-0.4, -0.2) is 35.0 Å². The first-order valence-corrected chi connectivity index (χ1v) is 8.48. The number of rotatable bonds is 4. The molecule has 3 aromatic rings. The van der Waals surface area contributed by atoms with E-state index in [1.807, 2.05) is 36.2 Å². The molecule has 4 rings (SSSR count). The summed E-state index contributed by atoms with van der Waals surface area (Å²) in [5.41, 5.74) is 1.24. The van der Waals surface area contributed by atoms with Crippen molar-refractivity contribution in [1.29, 1.82) is 0 Å². The van der Waals surface area contributed by atoms with Crippen molar-refractivity contribution in [2.45, 2.75) is 19.1 Å². The van der Waals surface area contributed by atoms with Gasteiger partial charge in [0.15, 0.2) is 11.6 Å². The summed E-state index contributed by atoms with van der Waals surface area (Å²) in [7, 11) is 1.95. The molecule has 2 aromatic carbocycles. The van der Waals surface area contributed by atoms with E-state index in [9.17, 15) is 9.50 Å². The summed E-state index contributed by atoms with van der Waals surface area (Å²) in [6.07, 6.45) is 1.95. The van der Waals surface area contributed by atoms with E-state index in [4.69, 9.17) is 4.74 Å². The molecule has 134 valence electrons. The minimum atomic E-state index is -0.701. The van der Waals surface area contributed by atoms with Crippen LogP contribution in [-0.2, 0) is 4.74 Å². The maximum atomic E-state index is 13.6. The van der Waals surface area contributed by atoms with E-state index in [0.29, 0.717) is 11.6 Å². The normalized spacial score (nSPS) is 16.8. The monoisotopic (exact) mass is 354 g/mol. The fraction of sp³-hybridized carbons (Fsp3) is 0.263. The van der Waals surface area contributed by atoms with Crippen molar-refractivity contribution >= 4 is 28.4 Å². The summed E-state index contributed by atoms with van der Waals surface area (Å²) in [4.78, 5) is 11.2. The van der Waals surface area contributed by atoms with Crippen molar-refractivity contribution in [3.8, 4) is 5.75 Å². The maximum absolute atomic E-state index is 13.6. The SMILES string of the molecule is CN(c1nc(Nc2ccc(O)c(F)c2)nc2ccccc12)C1CCCO1. The van der Waals surface area contributed by atoms with E-state index in [0.717, 1.165) is 36.2 Å². The molecule has 26 heavy (non-hydrogen) atoms. The lowest BCUT2D eigenvalue weighted by Gasteiger charge is -2.26. The van der Waals surface area contributed by atoms with Gasteiger partial charge in [-0.2, -0.15) is 4.98 Å². The standard InChI is InChI=1S/C19H19FN4O2/c1-24(17-7-4-10-26-17)18-13-5-2-3-6-15(13)22-19(23-18)21-12-8-9-16(25)14(20)11-12/h2-3,5-6,8-9,11,17,25H,4,7,10H2,1H3,(H,21,22,23). The summed E-state index contributed by atoms with van der Waals surface area (Å²) in [5, 5.41) is 13.3. The molecule has 0 saturated carbocycles. The molecule has 1 aliphatic heterocycles. The lowest BCUT2D eigenvalue weighted by molar-refractivity contribution is 0.111. The summed E-state index contributed by atoms with van der Waals surface area (Å²) in [6, 6.07) is 11.8. The van der Waals surface area contributed by atoms with Gasteiger partial charge in [0, 0.05) is 30.8 Å². The van der Waals surface area contributed by atoms with Gasteiger partial charge in [0.05, 0.1) is 5.52 Å². The summed E-state index contributed by atoms with van der Waals surface area (Å²) in [6.45, 7) is 0.746. The van der Waals surface area contributed by atoms with Gasteiger partial charge in [-0.25, -0.2) is 9.37 Å². The molecule has 1 unspecified atom stereocenters. The Morgan fingerprint density at radius 1 is 1.23 bits per heavy atom. The smallest absolute Gasteiger partial charge is 0.229 e. The zero-order chi connectivity index (χ0) is 18.1. The number of para-hydroxylation sites is 1. The third-order valence-electron chi connectivity index (χ3n) is 4.46. The van der Waals surface area contributed by atoms with Gasteiger partial charge in [0.25, 0.3) is 0 Å². The predicted molar refractivity (Wildman–Crippen MR) is 98.3 cm³/mol. The fourth-order valence-electron chi connectivity index (χ4n) is 3.10. The number of anilines is 3. The quantitative estimate of drug-likeness (QED) is 0.695. The molecule has 1 fully saturated rings. The van der Waals surface area contributed by atoms with Crippen molar-refractivity contribution in [3.05, 3.63) is 48.3 Å². The Morgan fingerprint density at radius 3 is 2.85 bits per heavy atom. The lowest BCUT2D eigenvalue weighted by Crippen LogP contribution is -2.31. The summed E-state index contributed by atoms with van der Waals surface area (Å²) >= 11 is 0. The minimum Gasteiger partial charge on any atom is -0.505 e. The Bertz CT molecular complexity index is 944. The first-order valence-electron chi connectivity index (χ1n) is 8.48. The number of ether oxygens (including phenoxy) is 1. The molecule has 1 aliphatic rings. The van der Waals surface area contributed by atoms with E-state index < -0.39 is 11.6 Å². The molecule has 1 atom stereocenters. The van der Waals surface area contributed by atoms with Crippen LogP contribution in [0.25, 0.3) is 10.9 Å². The number of phenols is 1. The Hall–Kier alpha value is -2.93. The van der Waals surface area contributed by atoms with Crippen molar-refractivity contribution in [2.24, 2.45) is 0 Å². The first-order chi connectivity index (χ1) is 12.6. The van der Waals surface area contributed by atoms with Crippen LogP contribution in [0.1, 0.15) is 12.8 Å². The van der Waals surface area contributed by atoms with Crippen molar-refractivity contribution in [2.75, 3.05) is 23.9 Å². The fourth-order valence-corrected chi connectivity index (χ4v) is 3.10. The Morgan fingerprint density at radius 2 is 2.08 bits per heavy atom. The largest absolute Gasteiger partial charge is 0.505 e. The molecule has 7 heteroatoms. The van der Waals surface area contributed by atoms with E-state index in [1.54, 1.807) is 6.07 Å². The maximum Gasteiger partial charge on any atom is 0.229 e. The summed E-state index contributed by atoms with van der Waals surface area (Å²) in [5.74, 6) is 0.0131. The number of benzene rings is 2. The topological polar surface area (TPSA) is 70.5 Å². The number of nitrogens with one attached hydrogen (secondary N) is 1. The molecule has 2 N–H and O–H groups in total. The average Bonchev–Trinajstić information content (AvgIpc) is 3.18. The Balaban J connectivity index is 1.74. The van der Waals surface area contributed by atoms with Gasteiger partial charge >= 0.3 is 0 Å². The van der Waals surface area contributed by atoms with Crippen LogP contribution < -0.4 is 10.2 Å². The molecular weight excluding hydrogens is 335 g/mol. The van der Waals surface area contributed by atoms with Crippen LogP contribution in [0, 0.1) is 5.82 Å². The molecule has 6 nitrogen and oxygen atoms in total. The van der Waals surface area contributed by atoms with Gasteiger partial charge in [0.1, 0.15) is 12.0 Å². The number of aromatic nitrogens is 2. The zero-order valence-corrected chi connectivity index (χ0v) is 14.3. The number of aromatic hydroxyl groups is 1. The van der Waals surface area contributed by atoms with Crippen molar-refractivity contribution < 1.29 is 14.2 Å². The molecule has 0 amide bonds. The Labute approximate surface area is 150 Å². The zero-order valence-electron chi connectivity index (χ0n) is 14.3. The van der Waals surface area contributed by atoms with Gasteiger partial charge in [-0.1, -0.05) is 12.1 Å². The van der Waals surface area contributed by atoms with Crippen LogP contribution in [0.4, 0.5) is 21.8 Å². The second-order valence-corrected chi connectivity index (χ2v) is 6.26. The molecule has 0 aliphatic carbocycles. The predicted octanol–water partition coefficient (Wildman–Crippen LogP) is 3.79. The third-order valence-corrected chi connectivity index (χ3v) is 4.46. The average molecular weight is 354 g/mol. The molecule has 1 saturated heterocycles. The van der Waals surface area contributed by atoms with Crippen LogP contribution in [0.15, 0.2) is 42.5 Å². The number of halogens is 1. The van der Waals surface area contributed by atoms with Gasteiger partial charge in [0.2, 0.25) is 5.95 Å². The molecule has 0 bridgehead atoms. The highest BCUT2D eigenvalue weighted by Crippen LogP contribution is 2.30. The Kier molecular flexibility index (Phi) is 4.30. The summed E-state index contributed by atoms with van der Waals surface area (Å²) < 4.78 is 19.4. The highest BCUT2D eigenvalue weighted by atomic mass is 19.1. The second-order valence-electron chi connectivity index (χ2n) is 6.26. The van der Waals surface area contributed by atoms with Crippen molar-refractivity contribution in [3.63, 3.8) is 0 Å². The van der Waals surface area contributed by atoms with E-state index in [1.165, 1.54) is 12.1 Å². The molecule has 0 spiro atoms. The van der Waals surface area contributed by atoms with Crippen LogP contribution in [0.5, 0.6) is 5.75 Å². The van der Waals surface area contributed by atoms with Gasteiger partial charge in [-0.05, 0) is 37.1 Å². The van der Waals surface area contributed by atoms with Gasteiger partial charge in [-0.3, -0.25) is 0 Å². The minimum absolute atomic E-state index is 0.0210. The van der Waals surface area contributed by atoms with Crippen LogP contribution >= 0.6 is 0 Å². The highest BCUT2D eigenvalue weighted by Gasteiger charge is 2.23. The number of fused-ring (bicyclic) bond motifs is 1. The van der Waals surface area contributed by atoms with E-state index in [-0.39, 0.29) is 6.23 Å². The highest BCUT2D eigenvalue weighted by molar-refractivity contribution is 5.90. The van der Waals surface area contributed by atoms with Gasteiger partial charge < -0.3 is 20.1 Å². The lowest BCUT2D eigenvalue weighted by atomic mass is 10.2. The number of hydrogen-bond donors (Lipinski definition) is 2. The number of phenolic OH excluding ortho intramolecular Hbond substituents is 1. The third kappa shape index (κ3) is 3.13. The molecular formula is C19H19FN4O2. The number of hydrogen-bond acceptors (Lipinski definition) is 6. The molecule has 0 radical (unpaired) electrons. The molecule has 1 aromatic heterocycles. The van der Waals surface area contributed by atoms with Crippen molar-refractivity contribution in [1.82, 2.24) is 9.97 Å². The first kappa shape index (κ1) is 16.5. The van der Waals surface area contributed by atoms with Crippen LogP contribution in [0.3, 0.4) is 0 Å². The van der Waals surface area contributed by atoms with Crippen LogP contribution in [0.2, 0.25) is 0 Å². The van der Waals surface area contributed by atoms with E-state index in [2.05, 4.69) is 15.3 Å². The van der Waals surface area contributed by atoms with Gasteiger partial charge in [-0.15, -0.1) is 0 Å².